The van der Waals surface area contributed by atoms with Crippen LogP contribution in [0.25, 0.3) is 11.0 Å². The van der Waals surface area contributed by atoms with E-state index in [1.54, 1.807) is 0 Å². The fourth-order valence-electron chi connectivity index (χ4n) is 1.43. The first kappa shape index (κ1) is 10.1. The Bertz CT molecular complexity index is 455. The van der Waals surface area contributed by atoms with E-state index in [-0.39, 0.29) is 0 Å². The molecule has 0 atom stereocenters. The maximum Gasteiger partial charge on any atom is 0.113 e. The summed E-state index contributed by atoms with van der Waals surface area (Å²) in [5.41, 5.74) is 3.77. The highest BCUT2D eigenvalue weighted by molar-refractivity contribution is 7.00. The van der Waals surface area contributed by atoms with E-state index in [9.17, 15) is 0 Å². The van der Waals surface area contributed by atoms with Crippen LogP contribution in [0.5, 0.6) is 0 Å². The summed E-state index contributed by atoms with van der Waals surface area (Å²) < 4.78 is 8.29. The molecular weight excluding hydrogens is 204 g/mol. The third kappa shape index (κ3) is 1.97. The SMILES string of the molecule is C=CCc1[c]c2nsnc2[c]c1CC=C. The lowest BCUT2D eigenvalue weighted by Gasteiger charge is -2.03. The zero-order chi connectivity index (χ0) is 10.7. The van der Waals surface area contributed by atoms with E-state index in [1.807, 2.05) is 12.2 Å². The van der Waals surface area contributed by atoms with Crippen molar-refractivity contribution in [2.75, 3.05) is 0 Å². The molecule has 2 radical (unpaired) electrons. The summed E-state index contributed by atoms with van der Waals surface area (Å²) in [5, 5.41) is 0. The summed E-state index contributed by atoms with van der Waals surface area (Å²) >= 11 is 1.19. The van der Waals surface area contributed by atoms with Crippen LogP contribution in [0, 0.1) is 12.1 Å². The molecule has 0 bridgehead atoms. The third-order valence-corrected chi connectivity index (χ3v) is 2.62. The summed E-state index contributed by atoms with van der Waals surface area (Å²) in [7, 11) is 0. The number of nitrogens with zero attached hydrogens (tertiary/aromatic N) is 2. The van der Waals surface area contributed by atoms with Gasteiger partial charge in [-0.2, -0.15) is 8.75 Å². The van der Waals surface area contributed by atoms with Crippen LogP contribution >= 0.6 is 11.7 Å². The van der Waals surface area contributed by atoms with Gasteiger partial charge in [0.2, 0.25) is 0 Å². The lowest BCUT2D eigenvalue weighted by atomic mass is 10.0. The van der Waals surface area contributed by atoms with E-state index < -0.39 is 0 Å². The Kier molecular flexibility index (Phi) is 2.92. The molecule has 0 saturated heterocycles. The number of fused-ring (bicyclic) bond motifs is 1. The molecule has 0 aliphatic carbocycles. The Hall–Kier alpha value is -1.48. The van der Waals surface area contributed by atoms with Gasteiger partial charge in [-0.05, 0) is 24.0 Å². The van der Waals surface area contributed by atoms with E-state index in [4.69, 9.17) is 0 Å². The maximum atomic E-state index is 4.15. The Morgan fingerprint density at radius 1 is 1.00 bits per heavy atom. The van der Waals surface area contributed by atoms with Crippen molar-refractivity contribution in [1.29, 1.82) is 0 Å². The minimum Gasteiger partial charge on any atom is -0.172 e. The van der Waals surface area contributed by atoms with Gasteiger partial charge in [-0.15, -0.1) is 13.2 Å². The third-order valence-electron chi connectivity index (χ3n) is 2.09. The number of rotatable bonds is 4. The topological polar surface area (TPSA) is 25.8 Å². The summed E-state index contributed by atoms with van der Waals surface area (Å²) in [5.74, 6) is 0. The van der Waals surface area contributed by atoms with Gasteiger partial charge in [0.15, 0.2) is 0 Å². The number of hydrogen-bond acceptors (Lipinski definition) is 3. The molecule has 0 unspecified atom stereocenters. The molecule has 0 N–H and O–H groups in total. The maximum absolute atomic E-state index is 4.15. The van der Waals surface area contributed by atoms with Crippen LogP contribution in [0.15, 0.2) is 25.3 Å². The van der Waals surface area contributed by atoms with E-state index in [0.717, 1.165) is 35.0 Å². The molecule has 2 rings (SSSR count). The quantitative estimate of drug-likeness (QED) is 0.731. The van der Waals surface area contributed by atoms with Crippen LogP contribution in [0.3, 0.4) is 0 Å². The van der Waals surface area contributed by atoms with Crippen molar-refractivity contribution in [3.63, 3.8) is 0 Å². The van der Waals surface area contributed by atoms with E-state index in [1.165, 1.54) is 11.7 Å². The molecule has 2 aromatic rings. The number of aromatic nitrogens is 2. The van der Waals surface area contributed by atoms with Crippen LogP contribution < -0.4 is 0 Å². The molecule has 0 aliphatic heterocycles. The first-order valence-electron chi connectivity index (χ1n) is 4.65. The number of hydrogen-bond donors (Lipinski definition) is 0. The van der Waals surface area contributed by atoms with Gasteiger partial charge in [-0.1, -0.05) is 12.2 Å². The lowest BCUT2D eigenvalue weighted by Crippen LogP contribution is -1.93. The minimum atomic E-state index is 0.785. The van der Waals surface area contributed by atoms with E-state index >= 15 is 0 Å². The zero-order valence-corrected chi connectivity index (χ0v) is 9.10. The molecule has 0 aliphatic rings. The highest BCUT2D eigenvalue weighted by Gasteiger charge is 2.06. The minimum absolute atomic E-state index is 0.785. The average Bonchev–Trinajstić information content (AvgIpc) is 2.66. The van der Waals surface area contributed by atoms with Gasteiger partial charge in [0.25, 0.3) is 0 Å². The van der Waals surface area contributed by atoms with Gasteiger partial charge >= 0.3 is 0 Å². The second kappa shape index (κ2) is 4.36. The van der Waals surface area contributed by atoms with Gasteiger partial charge in [-0.3, -0.25) is 0 Å². The Morgan fingerprint density at radius 3 is 1.87 bits per heavy atom. The van der Waals surface area contributed by atoms with Gasteiger partial charge in [0.1, 0.15) is 11.0 Å². The number of allylic oxidation sites excluding steroid dienone is 2. The summed E-state index contributed by atoms with van der Waals surface area (Å²) in [6, 6.07) is 6.50. The molecule has 0 spiro atoms. The molecule has 1 aromatic heterocycles. The highest BCUT2D eigenvalue weighted by Crippen LogP contribution is 2.18. The molecule has 0 amide bonds. The van der Waals surface area contributed by atoms with Crippen molar-refractivity contribution in [3.05, 3.63) is 48.6 Å². The fraction of sp³-hybridized carbons (Fsp3) is 0.167. The summed E-state index contributed by atoms with van der Waals surface area (Å²) in [6.07, 6.45) is 5.29. The van der Waals surface area contributed by atoms with Crippen molar-refractivity contribution in [3.8, 4) is 0 Å². The first-order valence-corrected chi connectivity index (χ1v) is 5.38. The molecule has 1 aromatic carbocycles. The van der Waals surface area contributed by atoms with E-state index in [0.29, 0.717) is 0 Å². The number of benzene rings is 1. The molecule has 2 nitrogen and oxygen atoms in total. The second-order valence-electron chi connectivity index (χ2n) is 3.15. The van der Waals surface area contributed by atoms with Crippen molar-refractivity contribution in [1.82, 2.24) is 8.75 Å². The standard InChI is InChI=1S/C12H10N2S/c1-3-5-9-7-11-12(14-15-13-11)8-10(9)6-4-2/h3-4H,1-2,5-6H2. The molecule has 0 fully saturated rings. The normalized spacial score (nSPS) is 10.4. The predicted molar refractivity (Wildman–Crippen MR) is 62.9 cm³/mol. The largest absolute Gasteiger partial charge is 0.172 e. The molecule has 15 heavy (non-hydrogen) atoms. The van der Waals surface area contributed by atoms with Crippen molar-refractivity contribution < 1.29 is 0 Å². The van der Waals surface area contributed by atoms with E-state index in [2.05, 4.69) is 34.0 Å². The first-order chi connectivity index (χ1) is 7.35. The van der Waals surface area contributed by atoms with Crippen molar-refractivity contribution in [2.45, 2.75) is 12.8 Å². The van der Waals surface area contributed by atoms with Gasteiger partial charge < -0.3 is 0 Å². The van der Waals surface area contributed by atoms with Crippen molar-refractivity contribution in [2.24, 2.45) is 0 Å². The fourth-order valence-corrected chi connectivity index (χ4v) is 1.89. The van der Waals surface area contributed by atoms with Gasteiger partial charge in [-0.25, -0.2) is 0 Å². The molecule has 1 heterocycles. The van der Waals surface area contributed by atoms with Crippen LogP contribution in [0.1, 0.15) is 11.1 Å². The van der Waals surface area contributed by atoms with Crippen LogP contribution in [-0.2, 0) is 12.8 Å². The Labute approximate surface area is 93.3 Å². The Balaban J connectivity index is 2.56. The van der Waals surface area contributed by atoms with Crippen molar-refractivity contribution >= 4 is 22.8 Å². The monoisotopic (exact) mass is 214 g/mol. The van der Waals surface area contributed by atoms with Gasteiger partial charge in [0.05, 0.1) is 11.7 Å². The molecule has 74 valence electrons. The van der Waals surface area contributed by atoms with Crippen LogP contribution in [0.4, 0.5) is 0 Å². The van der Waals surface area contributed by atoms with Gasteiger partial charge in [0, 0.05) is 12.1 Å². The lowest BCUT2D eigenvalue weighted by molar-refractivity contribution is 1.15. The molecule has 3 heteroatoms. The predicted octanol–water partition coefficient (Wildman–Crippen LogP) is 2.75. The Morgan fingerprint density at radius 2 is 1.47 bits per heavy atom. The smallest absolute Gasteiger partial charge is 0.113 e. The average molecular weight is 214 g/mol. The molecular formula is C12H10N2S. The van der Waals surface area contributed by atoms with Crippen LogP contribution in [0.2, 0.25) is 0 Å². The zero-order valence-electron chi connectivity index (χ0n) is 8.29. The molecule has 0 saturated carbocycles. The van der Waals surface area contributed by atoms with Crippen LogP contribution in [-0.4, -0.2) is 8.75 Å². The summed E-state index contributed by atoms with van der Waals surface area (Å²) in [6.45, 7) is 7.46. The highest BCUT2D eigenvalue weighted by atomic mass is 32.1. The second-order valence-corrected chi connectivity index (χ2v) is 3.68. The summed E-state index contributed by atoms with van der Waals surface area (Å²) in [4.78, 5) is 0.